The number of thioether (sulfide) groups is 1. The van der Waals surface area contributed by atoms with Gasteiger partial charge in [0.05, 0.1) is 0 Å². The minimum atomic E-state index is -0.402. The van der Waals surface area contributed by atoms with Crippen molar-refractivity contribution in [2.75, 3.05) is 12.4 Å². The number of aryl methyl sites for hydroxylation is 1. The quantitative estimate of drug-likeness (QED) is 0.698. The van der Waals surface area contributed by atoms with E-state index in [-0.39, 0.29) is 11.7 Å². The van der Waals surface area contributed by atoms with Crippen LogP contribution in [0.2, 0.25) is 0 Å². The number of aromatic nitrogens is 4. The van der Waals surface area contributed by atoms with E-state index >= 15 is 0 Å². The van der Waals surface area contributed by atoms with E-state index in [2.05, 4.69) is 9.97 Å². The molecule has 1 unspecified atom stereocenters. The van der Waals surface area contributed by atoms with Crippen LogP contribution in [-0.2, 0) is 14.1 Å². The molecule has 3 heterocycles. The zero-order valence-corrected chi connectivity index (χ0v) is 14.5. The van der Waals surface area contributed by atoms with Crippen molar-refractivity contribution in [1.82, 2.24) is 19.1 Å². The second-order valence-electron chi connectivity index (χ2n) is 5.75. The van der Waals surface area contributed by atoms with Gasteiger partial charge in [-0.15, -0.1) is 0 Å². The number of ether oxygens (including phenoxy) is 2. The molecule has 1 aliphatic heterocycles. The molecule has 0 saturated heterocycles. The van der Waals surface area contributed by atoms with Crippen molar-refractivity contribution in [3.8, 4) is 11.5 Å². The topological polar surface area (TPSA) is 91.1 Å². The van der Waals surface area contributed by atoms with Gasteiger partial charge < -0.3 is 14.5 Å². The molecule has 0 spiro atoms. The summed E-state index contributed by atoms with van der Waals surface area (Å²) in [5, 5.41) is 0.566. The highest BCUT2D eigenvalue weighted by Gasteiger charge is 2.22. The predicted molar refractivity (Wildman–Crippen MR) is 93.7 cm³/mol. The summed E-state index contributed by atoms with van der Waals surface area (Å²) in [6.07, 6.45) is -0.125. The van der Waals surface area contributed by atoms with Crippen molar-refractivity contribution in [1.29, 1.82) is 0 Å². The van der Waals surface area contributed by atoms with Gasteiger partial charge in [-0.1, -0.05) is 23.9 Å². The fraction of sp³-hybridized carbons (Fsp3) is 0.312. The molecule has 1 aliphatic rings. The van der Waals surface area contributed by atoms with Crippen molar-refractivity contribution in [3.63, 3.8) is 0 Å². The molecule has 8 nitrogen and oxygen atoms in total. The molecule has 4 rings (SSSR count). The zero-order chi connectivity index (χ0) is 17.6. The van der Waals surface area contributed by atoms with Gasteiger partial charge in [0.2, 0.25) is 0 Å². The monoisotopic (exact) mass is 360 g/mol. The molecular weight excluding hydrogens is 344 g/mol. The highest BCUT2D eigenvalue weighted by atomic mass is 32.2. The third-order valence-electron chi connectivity index (χ3n) is 4.05. The Balaban J connectivity index is 1.55. The third kappa shape index (κ3) is 2.70. The zero-order valence-electron chi connectivity index (χ0n) is 13.7. The van der Waals surface area contributed by atoms with E-state index < -0.39 is 5.69 Å². The SMILES string of the molecule is Cn1c(=O)c2[nH]c(SCC3COc4ccccc4O3)nc2n(C)c1=O. The minimum Gasteiger partial charge on any atom is -0.486 e. The molecule has 0 radical (unpaired) electrons. The molecule has 2 aromatic heterocycles. The van der Waals surface area contributed by atoms with E-state index in [0.717, 1.165) is 16.1 Å². The lowest BCUT2D eigenvalue weighted by Crippen LogP contribution is -2.36. The standard InChI is InChI=1S/C16H16N4O4S/c1-19-13-12(14(21)20(2)16(19)22)17-15(18-13)25-8-9-7-23-10-5-3-4-6-11(10)24-9/h3-6,9H,7-8H2,1-2H3,(H,17,18). The van der Waals surface area contributed by atoms with E-state index in [4.69, 9.17) is 9.47 Å². The Morgan fingerprint density at radius 3 is 2.80 bits per heavy atom. The van der Waals surface area contributed by atoms with Crippen LogP contribution in [0, 0.1) is 0 Å². The first-order chi connectivity index (χ1) is 12.0. The lowest BCUT2D eigenvalue weighted by Gasteiger charge is -2.25. The van der Waals surface area contributed by atoms with Crippen molar-refractivity contribution in [3.05, 3.63) is 45.1 Å². The first-order valence-corrected chi connectivity index (χ1v) is 8.70. The van der Waals surface area contributed by atoms with Crippen molar-refractivity contribution < 1.29 is 9.47 Å². The Morgan fingerprint density at radius 2 is 2.00 bits per heavy atom. The van der Waals surface area contributed by atoms with Gasteiger partial charge in [-0.2, -0.15) is 0 Å². The van der Waals surface area contributed by atoms with E-state index in [1.807, 2.05) is 24.3 Å². The normalized spacial score (nSPS) is 16.3. The highest BCUT2D eigenvalue weighted by molar-refractivity contribution is 7.99. The summed E-state index contributed by atoms with van der Waals surface area (Å²) in [6, 6.07) is 7.53. The Bertz CT molecular complexity index is 1070. The smallest absolute Gasteiger partial charge is 0.332 e. The summed E-state index contributed by atoms with van der Waals surface area (Å²) in [5.74, 6) is 2.06. The number of H-pyrrole nitrogens is 1. The van der Waals surface area contributed by atoms with Crippen molar-refractivity contribution >= 4 is 22.9 Å². The van der Waals surface area contributed by atoms with Crippen LogP contribution in [0.15, 0.2) is 39.0 Å². The van der Waals surface area contributed by atoms with E-state index in [1.54, 1.807) is 7.05 Å². The summed E-state index contributed by atoms with van der Waals surface area (Å²) in [7, 11) is 3.04. The van der Waals surface area contributed by atoms with Gasteiger partial charge >= 0.3 is 5.69 Å². The van der Waals surface area contributed by atoms with Gasteiger partial charge in [0.1, 0.15) is 12.7 Å². The van der Waals surface area contributed by atoms with Gasteiger partial charge in [-0.05, 0) is 12.1 Å². The van der Waals surface area contributed by atoms with Gasteiger partial charge in [0.25, 0.3) is 5.56 Å². The van der Waals surface area contributed by atoms with Crippen LogP contribution in [0.5, 0.6) is 11.5 Å². The number of nitrogens with zero attached hydrogens (tertiary/aromatic N) is 3. The Hall–Kier alpha value is -2.68. The van der Waals surface area contributed by atoms with E-state index in [1.165, 1.54) is 23.4 Å². The number of imidazole rings is 1. The summed E-state index contributed by atoms with van der Waals surface area (Å²) in [4.78, 5) is 31.5. The van der Waals surface area contributed by atoms with Crippen LogP contribution in [0.3, 0.4) is 0 Å². The predicted octanol–water partition coefficient (Wildman–Crippen LogP) is 0.892. The number of aromatic amines is 1. The van der Waals surface area contributed by atoms with Crippen LogP contribution in [0.4, 0.5) is 0 Å². The Kier molecular flexibility index (Phi) is 3.79. The molecule has 0 amide bonds. The fourth-order valence-electron chi connectivity index (χ4n) is 2.69. The second-order valence-corrected chi connectivity index (χ2v) is 6.76. The Morgan fingerprint density at radius 1 is 1.24 bits per heavy atom. The van der Waals surface area contributed by atoms with Gasteiger partial charge in [-0.25, -0.2) is 9.78 Å². The van der Waals surface area contributed by atoms with Crippen LogP contribution in [0.25, 0.3) is 11.2 Å². The van der Waals surface area contributed by atoms with Gasteiger partial charge in [0, 0.05) is 19.8 Å². The number of nitrogens with one attached hydrogen (secondary N) is 1. The number of fused-ring (bicyclic) bond motifs is 2. The van der Waals surface area contributed by atoms with Crippen molar-refractivity contribution in [2.45, 2.75) is 11.3 Å². The molecule has 0 saturated carbocycles. The Labute approximate surface area is 146 Å². The summed E-state index contributed by atoms with van der Waals surface area (Å²) in [6.45, 7) is 0.449. The first kappa shape index (κ1) is 15.8. The largest absolute Gasteiger partial charge is 0.486 e. The molecule has 25 heavy (non-hydrogen) atoms. The third-order valence-corrected chi connectivity index (χ3v) is 5.05. The number of para-hydroxylation sites is 2. The summed E-state index contributed by atoms with van der Waals surface area (Å²) < 4.78 is 14.0. The van der Waals surface area contributed by atoms with Crippen LogP contribution >= 0.6 is 11.8 Å². The maximum atomic E-state index is 12.2. The maximum absolute atomic E-state index is 12.2. The molecule has 0 bridgehead atoms. The van der Waals surface area contributed by atoms with Crippen LogP contribution < -0.4 is 20.7 Å². The molecule has 130 valence electrons. The summed E-state index contributed by atoms with van der Waals surface area (Å²) in [5.41, 5.74) is -0.121. The molecule has 3 aromatic rings. The fourth-order valence-corrected chi connectivity index (χ4v) is 3.52. The second kappa shape index (κ2) is 5.99. The lowest BCUT2D eigenvalue weighted by atomic mass is 10.3. The summed E-state index contributed by atoms with van der Waals surface area (Å²) >= 11 is 1.42. The average Bonchev–Trinajstić information content (AvgIpc) is 3.07. The highest BCUT2D eigenvalue weighted by Crippen LogP contribution is 2.32. The number of hydrogen-bond acceptors (Lipinski definition) is 6. The van der Waals surface area contributed by atoms with E-state index in [9.17, 15) is 9.59 Å². The van der Waals surface area contributed by atoms with Gasteiger partial charge in [-0.3, -0.25) is 13.9 Å². The van der Waals surface area contributed by atoms with Crippen LogP contribution in [-0.4, -0.2) is 37.6 Å². The molecule has 1 N–H and O–H groups in total. The molecule has 1 aromatic carbocycles. The van der Waals surface area contributed by atoms with Gasteiger partial charge in [0.15, 0.2) is 27.8 Å². The maximum Gasteiger partial charge on any atom is 0.332 e. The van der Waals surface area contributed by atoms with Crippen LogP contribution in [0.1, 0.15) is 0 Å². The molecule has 1 atom stereocenters. The minimum absolute atomic E-state index is 0.125. The van der Waals surface area contributed by atoms with Crippen molar-refractivity contribution in [2.24, 2.45) is 14.1 Å². The number of rotatable bonds is 3. The molecule has 0 aliphatic carbocycles. The number of benzene rings is 1. The molecule has 0 fully saturated rings. The number of hydrogen-bond donors (Lipinski definition) is 1. The lowest BCUT2D eigenvalue weighted by molar-refractivity contribution is 0.107. The molecular formula is C16H16N4O4S. The first-order valence-electron chi connectivity index (χ1n) is 7.71. The molecule has 9 heteroatoms. The van der Waals surface area contributed by atoms with E-state index in [0.29, 0.717) is 28.7 Å². The average molecular weight is 360 g/mol.